The Morgan fingerprint density at radius 2 is 2.12 bits per heavy atom. The first kappa shape index (κ1) is 12.8. The van der Waals surface area contributed by atoms with Crippen molar-refractivity contribution >= 4 is 21.6 Å². The van der Waals surface area contributed by atoms with Gasteiger partial charge in [-0.05, 0) is 38.7 Å². The van der Waals surface area contributed by atoms with Gasteiger partial charge in [-0.3, -0.25) is 4.98 Å². The van der Waals surface area contributed by atoms with E-state index in [1.54, 1.807) is 0 Å². The summed E-state index contributed by atoms with van der Waals surface area (Å²) in [6.45, 7) is 3.79. The van der Waals surface area contributed by atoms with Gasteiger partial charge < -0.3 is 0 Å². The van der Waals surface area contributed by atoms with E-state index in [0.717, 1.165) is 12.8 Å². The van der Waals surface area contributed by atoms with Gasteiger partial charge in [-0.2, -0.15) is 0 Å². The van der Waals surface area contributed by atoms with Crippen LogP contribution >= 0.6 is 11.6 Å². The van der Waals surface area contributed by atoms with Gasteiger partial charge in [0.05, 0.1) is 5.02 Å². The predicted octanol–water partition coefficient (Wildman–Crippen LogP) is 2.20. The second kappa shape index (κ2) is 4.23. The van der Waals surface area contributed by atoms with Gasteiger partial charge in [0.15, 0.2) is 0 Å². The molecule has 1 aliphatic rings. The average Bonchev–Trinajstić information content (AvgIpc) is 2.99. The first-order valence-corrected chi connectivity index (χ1v) is 7.32. The lowest BCUT2D eigenvalue weighted by Crippen LogP contribution is -2.45. The van der Waals surface area contributed by atoms with E-state index in [1.165, 1.54) is 18.5 Å². The zero-order chi connectivity index (χ0) is 12.7. The third kappa shape index (κ3) is 2.78. The minimum absolute atomic E-state index is 0.0374. The molecule has 0 aromatic carbocycles. The summed E-state index contributed by atoms with van der Waals surface area (Å²) >= 11 is 5.87. The highest BCUT2D eigenvalue weighted by atomic mass is 35.5. The predicted molar refractivity (Wildman–Crippen MR) is 66.4 cm³/mol. The molecule has 4 nitrogen and oxygen atoms in total. The Kier molecular flexibility index (Phi) is 3.18. The highest BCUT2D eigenvalue weighted by Crippen LogP contribution is 2.40. The van der Waals surface area contributed by atoms with Crippen LogP contribution in [0.4, 0.5) is 0 Å². The minimum Gasteiger partial charge on any atom is -0.263 e. The molecule has 0 atom stereocenters. The smallest absolute Gasteiger partial charge is 0.244 e. The molecule has 2 rings (SSSR count). The van der Waals surface area contributed by atoms with E-state index in [9.17, 15) is 8.42 Å². The van der Waals surface area contributed by atoms with Crippen molar-refractivity contribution in [2.45, 2.75) is 37.1 Å². The molecule has 94 valence electrons. The summed E-state index contributed by atoms with van der Waals surface area (Å²) in [5.74, 6) is 0.410. The molecule has 1 aliphatic carbocycles. The molecule has 1 aromatic rings. The van der Waals surface area contributed by atoms with Crippen molar-refractivity contribution in [2.24, 2.45) is 5.92 Å². The molecule has 0 radical (unpaired) electrons. The molecule has 0 bridgehead atoms. The molecule has 1 fully saturated rings. The number of hydrogen-bond acceptors (Lipinski definition) is 3. The standard InChI is InChI=1S/C11H15ClN2O2S/c1-11(2,8-3-4-8)14-17(15,16)10-7-13-6-5-9(10)12/h5-8,14H,3-4H2,1-2H3. The largest absolute Gasteiger partial charge is 0.263 e. The molecule has 0 saturated heterocycles. The molecule has 6 heteroatoms. The second-order valence-corrected chi connectivity index (χ2v) is 6.97. The van der Waals surface area contributed by atoms with E-state index < -0.39 is 15.6 Å². The summed E-state index contributed by atoms with van der Waals surface area (Å²) in [5, 5.41) is 0.194. The molecular weight excluding hydrogens is 260 g/mol. The zero-order valence-electron chi connectivity index (χ0n) is 9.77. The number of hydrogen-bond donors (Lipinski definition) is 1. The topological polar surface area (TPSA) is 59.1 Å². The van der Waals surface area contributed by atoms with E-state index in [1.807, 2.05) is 13.8 Å². The number of nitrogens with zero attached hydrogens (tertiary/aromatic N) is 1. The fraction of sp³-hybridized carbons (Fsp3) is 0.545. The summed E-state index contributed by atoms with van der Waals surface area (Å²) in [6, 6.07) is 1.47. The van der Waals surface area contributed by atoms with Gasteiger partial charge in [-0.25, -0.2) is 13.1 Å². The van der Waals surface area contributed by atoms with E-state index in [2.05, 4.69) is 9.71 Å². The first-order chi connectivity index (χ1) is 7.83. The van der Waals surface area contributed by atoms with Gasteiger partial charge in [0.25, 0.3) is 0 Å². The summed E-state index contributed by atoms with van der Waals surface area (Å²) in [4.78, 5) is 3.84. The van der Waals surface area contributed by atoms with Crippen LogP contribution in [0.2, 0.25) is 5.02 Å². The van der Waals surface area contributed by atoms with Crippen LogP contribution in [0.1, 0.15) is 26.7 Å². The third-order valence-electron chi connectivity index (χ3n) is 3.02. The lowest BCUT2D eigenvalue weighted by molar-refractivity contribution is 0.400. The molecule has 0 amide bonds. The van der Waals surface area contributed by atoms with Crippen LogP contribution in [0.5, 0.6) is 0 Å². The Morgan fingerprint density at radius 1 is 1.47 bits per heavy atom. The van der Waals surface area contributed by atoms with Crippen LogP contribution in [0.15, 0.2) is 23.4 Å². The molecule has 1 saturated carbocycles. The summed E-state index contributed by atoms with van der Waals surface area (Å²) in [5.41, 5.74) is -0.433. The molecular formula is C11H15ClN2O2S. The highest BCUT2D eigenvalue weighted by Gasteiger charge is 2.40. The van der Waals surface area contributed by atoms with E-state index in [0.29, 0.717) is 5.92 Å². The van der Waals surface area contributed by atoms with Gasteiger partial charge in [0, 0.05) is 17.9 Å². The molecule has 1 heterocycles. The maximum absolute atomic E-state index is 12.2. The van der Waals surface area contributed by atoms with E-state index >= 15 is 0 Å². The maximum atomic E-state index is 12.2. The van der Waals surface area contributed by atoms with Gasteiger partial charge >= 0.3 is 0 Å². The summed E-state index contributed by atoms with van der Waals surface area (Å²) < 4.78 is 27.0. The van der Waals surface area contributed by atoms with Crippen molar-refractivity contribution in [3.8, 4) is 0 Å². The molecule has 0 spiro atoms. The number of aromatic nitrogens is 1. The van der Waals surface area contributed by atoms with Crippen LogP contribution < -0.4 is 4.72 Å². The molecule has 0 unspecified atom stereocenters. The Bertz CT molecular complexity index is 524. The number of halogens is 1. The fourth-order valence-electron chi connectivity index (χ4n) is 1.85. The summed E-state index contributed by atoms with van der Waals surface area (Å²) in [6.07, 6.45) is 4.87. The van der Waals surface area contributed by atoms with Crippen molar-refractivity contribution in [3.05, 3.63) is 23.5 Å². The quantitative estimate of drug-likeness (QED) is 0.916. The zero-order valence-corrected chi connectivity index (χ0v) is 11.3. The van der Waals surface area contributed by atoms with Crippen LogP contribution in [0.25, 0.3) is 0 Å². The number of sulfonamides is 1. The molecule has 1 aromatic heterocycles. The number of nitrogens with one attached hydrogen (secondary N) is 1. The number of pyridine rings is 1. The van der Waals surface area contributed by atoms with Gasteiger partial charge in [-0.15, -0.1) is 0 Å². The third-order valence-corrected chi connectivity index (χ3v) is 5.16. The van der Waals surface area contributed by atoms with Crippen molar-refractivity contribution < 1.29 is 8.42 Å². The van der Waals surface area contributed by atoms with Gasteiger partial charge in [0.2, 0.25) is 10.0 Å². The van der Waals surface area contributed by atoms with E-state index in [4.69, 9.17) is 11.6 Å². The van der Waals surface area contributed by atoms with Crippen LogP contribution in [-0.2, 0) is 10.0 Å². The van der Waals surface area contributed by atoms with Crippen molar-refractivity contribution in [1.29, 1.82) is 0 Å². The fourth-order valence-corrected chi connectivity index (χ4v) is 3.75. The Hall–Kier alpha value is -0.650. The first-order valence-electron chi connectivity index (χ1n) is 5.46. The lowest BCUT2D eigenvalue weighted by atomic mass is 10.0. The highest BCUT2D eigenvalue weighted by molar-refractivity contribution is 7.89. The Morgan fingerprint density at radius 3 is 2.65 bits per heavy atom. The minimum atomic E-state index is -3.60. The monoisotopic (exact) mass is 274 g/mol. The van der Waals surface area contributed by atoms with Crippen molar-refractivity contribution in [2.75, 3.05) is 0 Å². The molecule has 1 N–H and O–H groups in total. The Labute approximate surface area is 106 Å². The molecule has 17 heavy (non-hydrogen) atoms. The maximum Gasteiger partial charge on any atom is 0.244 e. The van der Waals surface area contributed by atoms with Crippen LogP contribution in [-0.4, -0.2) is 18.9 Å². The second-order valence-electron chi connectivity index (χ2n) is 4.91. The van der Waals surface area contributed by atoms with Crippen LogP contribution in [0.3, 0.4) is 0 Å². The van der Waals surface area contributed by atoms with Crippen molar-refractivity contribution in [1.82, 2.24) is 9.71 Å². The lowest BCUT2D eigenvalue weighted by Gasteiger charge is -2.25. The van der Waals surface area contributed by atoms with Crippen LogP contribution in [0, 0.1) is 5.92 Å². The average molecular weight is 275 g/mol. The Balaban J connectivity index is 2.28. The van der Waals surface area contributed by atoms with Crippen molar-refractivity contribution in [3.63, 3.8) is 0 Å². The van der Waals surface area contributed by atoms with Gasteiger partial charge in [0.1, 0.15) is 4.90 Å². The van der Waals surface area contributed by atoms with Gasteiger partial charge in [-0.1, -0.05) is 11.6 Å². The summed E-state index contributed by atoms with van der Waals surface area (Å²) in [7, 11) is -3.60. The SMILES string of the molecule is CC(C)(NS(=O)(=O)c1cnccc1Cl)C1CC1. The molecule has 0 aliphatic heterocycles. The normalized spacial score (nSPS) is 17.1. The van der Waals surface area contributed by atoms with E-state index in [-0.39, 0.29) is 9.92 Å². The number of rotatable bonds is 4.